The number of halogens is 3. The molecule has 0 amide bonds. The Morgan fingerprint density at radius 1 is 1.33 bits per heavy atom. The van der Waals surface area contributed by atoms with Gasteiger partial charge >= 0.3 is 6.18 Å². The Hall–Kier alpha value is -1.49. The predicted molar refractivity (Wildman–Crippen MR) is 63.3 cm³/mol. The third kappa shape index (κ3) is 3.59. The molecule has 1 fully saturated rings. The zero-order chi connectivity index (χ0) is 15.6. The summed E-state index contributed by atoms with van der Waals surface area (Å²) < 4.78 is 42.7. The number of nitrogens with zero attached hydrogens (tertiary/aromatic N) is 2. The summed E-state index contributed by atoms with van der Waals surface area (Å²) in [7, 11) is 0. The number of hydrogen-bond acceptors (Lipinski definition) is 7. The summed E-state index contributed by atoms with van der Waals surface area (Å²) >= 11 is 0. The fraction of sp³-hybridized carbons (Fsp3) is 0.636. The minimum absolute atomic E-state index is 0.122. The SMILES string of the molecule is OC[C@H]1OC[C@@H](Nc2nccc(C(F)(F)F)n2)[C@@H](O)[C@H]1O. The van der Waals surface area contributed by atoms with Gasteiger partial charge in [0.05, 0.1) is 19.3 Å². The molecule has 1 aromatic rings. The topological polar surface area (TPSA) is 108 Å². The molecule has 0 spiro atoms. The molecule has 1 aliphatic rings. The maximum Gasteiger partial charge on any atom is 0.433 e. The average molecular weight is 309 g/mol. The highest BCUT2D eigenvalue weighted by Gasteiger charge is 2.39. The quantitative estimate of drug-likeness (QED) is 0.590. The molecule has 4 N–H and O–H groups in total. The van der Waals surface area contributed by atoms with Crippen LogP contribution in [-0.4, -0.2) is 62.9 Å². The first-order valence-electron chi connectivity index (χ1n) is 6.08. The first kappa shape index (κ1) is 15.9. The van der Waals surface area contributed by atoms with Crippen LogP contribution in [0.5, 0.6) is 0 Å². The monoisotopic (exact) mass is 309 g/mol. The second kappa shape index (κ2) is 6.10. The van der Waals surface area contributed by atoms with Crippen molar-refractivity contribution in [2.75, 3.05) is 18.5 Å². The number of ether oxygens (including phenoxy) is 1. The molecule has 0 unspecified atom stereocenters. The van der Waals surface area contributed by atoms with Crippen LogP contribution < -0.4 is 5.32 Å². The molecule has 0 radical (unpaired) electrons. The summed E-state index contributed by atoms with van der Waals surface area (Å²) in [4.78, 5) is 6.92. The van der Waals surface area contributed by atoms with Gasteiger partial charge in [-0.15, -0.1) is 0 Å². The number of alkyl halides is 3. The van der Waals surface area contributed by atoms with E-state index >= 15 is 0 Å². The van der Waals surface area contributed by atoms with Crippen LogP contribution in [0.2, 0.25) is 0 Å². The number of aliphatic hydroxyl groups is 3. The van der Waals surface area contributed by atoms with Gasteiger partial charge in [0.25, 0.3) is 0 Å². The minimum Gasteiger partial charge on any atom is -0.394 e. The van der Waals surface area contributed by atoms with Crippen LogP contribution in [0.1, 0.15) is 5.69 Å². The number of aliphatic hydroxyl groups excluding tert-OH is 3. The van der Waals surface area contributed by atoms with Gasteiger partial charge in [-0.05, 0) is 6.07 Å². The number of anilines is 1. The molecule has 0 saturated carbocycles. The van der Waals surface area contributed by atoms with Crippen molar-refractivity contribution in [3.63, 3.8) is 0 Å². The molecule has 1 aromatic heterocycles. The lowest BCUT2D eigenvalue weighted by atomic mass is 9.98. The summed E-state index contributed by atoms with van der Waals surface area (Å²) in [5.41, 5.74) is -1.12. The van der Waals surface area contributed by atoms with E-state index in [0.717, 1.165) is 12.3 Å². The number of rotatable bonds is 3. The van der Waals surface area contributed by atoms with Crippen LogP contribution >= 0.6 is 0 Å². The Kier molecular flexibility index (Phi) is 4.61. The zero-order valence-electron chi connectivity index (χ0n) is 10.7. The van der Waals surface area contributed by atoms with Crippen LogP contribution in [0.15, 0.2) is 12.3 Å². The Morgan fingerprint density at radius 2 is 2.05 bits per heavy atom. The number of hydrogen-bond donors (Lipinski definition) is 4. The molecule has 10 heteroatoms. The molecular weight excluding hydrogens is 295 g/mol. The third-order valence-corrected chi connectivity index (χ3v) is 3.07. The van der Waals surface area contributed by atoms with Gasteiger partial charge in [0.15, 0.2) is 0 Å². The second-order valence-electron chi connectivity index (χ2n) is 4.55. The molecule has 0 bridgehead atoms. The highest BCUT2D eigenvalue weighted by atomic mass is 19.4. The molecule has 1 aliphatic heterocycles. The lowest BCUT2D eigenvalue weighted by molar-refractivity contribution is -0.152. The van der Waals surface area contributed by atoms with Gasteiger partial charge in [-0.2, -0.15) is 13.2 Å². The normalized spacial score (nSPS) is 30.2. The third-order valence-electron chi connectivity index (χ3n) is 3.07. The zero-order valence-corrected chi connectivity index (χ0v) is 10.7. The average Bonchev–Trinajstić information content (AvgIpc) is 2.44. The van der Waals surface area contributed by atoms with Crippen molar-refractivity contribution in [1.29, 1.82) is 0 Å². The van der Waals surface area contributed by atoms with Gasteiger partial charge in [0.2, 0.25) is 5.95 Å². The van der Waals surface area contributed by atoms with Gasteiger partial charge < -0.3 is 25.4 Å². The molecule has 2 rings (SSSR count). The first-order valence-corrected chi connectivity index (χ1v) is 6.08. The van der Waals surface area contributed by atoms with E-state index in [1.807, 2.05) is 0 Å². The van der Waals surface area contributed by atoms with Gasteiger partial charge in [-0.1, -0.05) is 0 Å². The highest BCUT2D eigenvalue weighted by molar-refractivity contribution is 5.28. The molecular formula is C11H14F3N3O4. The summed E-state index contributed by atoms with van der Waals surface area (Å²) in [5, 5.41) is 30.9. The fourth-order valence-electron chi connectivity index (χ4n) is 1.92. The summed E-state index contributed by atoms with van der Waals surface area (Å²) in [6.07, 6.45) is -7.33. The van der Waals surface area contributed by atoms with Gasteiger partial charge in [0, 0.05) is 6.20 Å². The highest BCUT2D eigenvalue weighted by Crippen LogP contribution is 2.28. The van der Waals surface area contributed by atoms with Gasteiger partial charge in [-0.25, -0.2) is 9.97 Å². The smallest absolute Gasteiger partial charge is 0.394 e. The lowest BCUT2D eigenvalue weighted by Gasteiger charge is -2.37. The van der Waals surface area contributed by atoms with E-state index in [-0.39, 0.29) is 12.6 Å². The standard InChI is InChI=1S/C11H14F3N3O4/c12-11(13,14)7-1-2-15-10(17-7)16-5-4-21-6(3-18)9(20)8(5)19/h1-2,5-6,8-9,18-20H,3-4H2,(H,15,16,17)/t5-,6-,8-,9+/m1/s1. The molecule has 21 heavy (non-hydrogen) atoms. The van der Waals surface area contributed by atoms with Crippen LogP contribution in [0.3, 0.4) is 0 Å². The summed E-state index contributed by atoms with van der Waals surface area (Å²) in [5.74, 6) is -0.341. The van der Waals surface area contributed by atoms with E-state index in [1.165, 1.54) is 0 Å². The van der Waals surface area contributed by atoms with E-state index in [4.69, 9.17) is 9.84 Å². The van der Waals surface area contributed by atoms with E-state index in [1.54, 1.807) is 0 Å². The Bertz CT molecular complexity index is 488. The molecule has 118 valence electrons. The van der Waals surface area contributed by atoms with Crippen molar-refractivity contribution in [3.8, 4) is 0 Å². The Balaban J connectivity index is 2.08. The lowest BCUT2D eigenvalue weighted by Crippen LogP contribution is -2.56. The predicted octanol–water partition coefficient (Wildman–Crippen LogP) is -0.611. The van der Waals surface area contributed by atoms with Crippen molar-refractivity contribution in [2.24, 2.45) is 0 Å². The Morgan fingerprint density at radius 3 is 2.67 bits per heavy atom. The fourth-order valence-corrected chi connectivity index (χ4v) is 1.92. The van der Waals surface area contributed by atoms with Crippen LogP contribution in [-0.2, 0) is 10.9 Å². The summed E-state index contributed by atoms with van der Waals surface area (Å²) in [6, 6.07) is -0.179. The largest absolute Gasteiger partial charge is 0.433 e. The second-order valence-corrected chi connectivity index (χ2v) is 4.55. The molecule has 7 nitrogen and oxygen atoms in total. The van der Waals surface area contributed by atoms with Crippen LogP contribution in [0, 0.1) is 0 Å². The van der Waals surface area contributed by atoms with Crippen LogP contribution in [0.4, 0.5) is 19.1 Å². The van der Waals surface area contributed by atoms with E-state index in [9.17, 15) is 23.4 Å². The van der Waals surface area contributed by atoms with Crippen molar-refractivity contribution in [3.05, 3.63) is 18.0 Å². The van der Waals surface area contributed by atoms with Crippen molar-refractivity contribution in [1.82, 2.24) is 9.97 Å². The van der Waals surface area contributed by atoms with Gasteiger partial charge in [0.1, 0.15) is 24.0 Å². The number of aromatic nitrogens is 2. The molecule has 0 aromatic carbocycles. The molecule has 2 heterocycles. The molecule has 1 saturated heterocycles. The van der Waals surface area contributed by atoms with E-state index in [0.29, 0.717) is 0 Å². The first-order chi connectivity index (χ1) is 9.82. The van der Waals surface area contributed by atoms with E-state index < -0.39 is 42.8 Å². The molecule has 4 atom stereocenters. The minimum atomic E-state index is -4.61. The van der Waals surface area contributed by atoms with Crippen LogP contribution in [0.25, 0.3) is 0 Å². The maximum absolute atomic E-state index is 12.5. The van der Waals surface area contributed by atoms with Crippen molar-refractivity contribution >= 4 is 5.95 Å². The van der Waals surface area contributed by atoms with Crippen molar-refractivity contribution in [2.45, 2.75) is 30.5 Å². The maximum atomic E-state index is 12.5. The van der Waals surface area contributed by atoms with Crippen molar-refractivity contribution < 1.29 is 33.2 Å². The van der Waals surface area contributed by atoms with E-state index in [2.05, 4.69) is 15.3 Å². The molecule has 0 aliphatic carbocycles. The number of nitrogens with one attached hydrogen (secondary N) is 1. The summed E-state index contributed by atoms with van der Waals surface area (Å²) in [6.45, 7) is -0.603. The Labute approximate surface area is 117 Å². The van der Waals surface area contributed by atoms with Gasteiger partial charge in [-0.3, -0.25) is 0 Å².